The third-order valence-electron chi connectivity index (χ3n) is 2.16. The molecule has 0 atom stereocenters. The Morgan fingerprint density at radius 1 is 1.07 bits per heavy atom. The molecule has 1 heterocycles. The second-order valence-corrected chi connectivity index (χ2v) is 3.26. The van der Waals surface area contributed by atoms with Crippen LogP contribution in [0.2, 0.25) is 0 Å². The molecule has 0 saturated heterocycles. The van der Waals surface area contributed by atoms with E-state index in [1.54, 1.807) is 0 Å². The lowest BCUT2D eigenvalue weighted by Gasteiger charge is -2.01. The Hall–Kier alpha value is -1.57. The standard InChI is InChI=1S/C11H12N2.C2H6/c1-9-3-5-10(6-4-9)11-7-12-8-13(11)2;1-2/h3-8H,1-2H3;1-2H3. The molecular weight excluding hydrogens is 184 g/mol. The highest BCUT2D eigenvalue weighted by Gasteiger charge is 2.00. The van der Waals surface area contributed by atoms with E-state index in [1.165, 1.54) is 11.1 Å². The van der Waals surface area contributed by atoms with Crippen molar-refractivity contribution >= 4 is 0 Å². The van der Waals surface area contributed by atoms with Crippen molar-refractivity contribution in [2.24, 2.45) is 7.05 Å². The van der Waals surface area contributed by atoms with E-state index in [4.69, 9.17) is 0 Å². The Bertz CT molecular complexity index is 399. The zero-order valence-electron chi connectivity index (χ0n) is 9.86. The minimum atomic E-state index is 1.15. The molecule has 2 rings (SSSR count). The molecule has 0 bridgehead atoms. The van der Waals surface area contributed by atoms with Crippen molar-refractivity contribution in [1.29, 1.82) is 0 Å². The lowest BCUT2D eigenvalue weighted by molar-refractivity contribution is 0.921. The molecule has 1 aromatic carbocycles. The highest BCUT2D eigenvalue weighted by molar-refractivity contribution is 5.58. The van der Waals surface area contributed by atoms with Gasteiger partial charge in [0.1, 0.15) is 0 Å². The summed E-state index contributed by atoms with van der Waals surface area (Å²) in [5.74, 6) is 0. The molecule has 0 aliphatic carbocycles. The van der Waals surface area contributed by atoms with Crippen LogP contribution in [-0.2, 0) is 7.05 Å². The van der Waals surface area contributed by atoms with E-state index < -0.39 is 0 Å². The summed E-state index contributed by atoms with van der Waals surface area (Å²) in [4.78, 5) is 4.08. The molecule has 0 amide bonds. The van der Waals surface area contributed by atoms with Crippen molar-refractivity contribution in [2.75, 3.05) is 0 Å². The van der Waals surface area contributed by atoms with Crippen LogP contribution >= 0.6 is 0 Å². The normalized spacial score (nSPS) is 9.33. The molecule has 0 N–H and O–H groups in total. The largest absolute Gasteiger partial charge is 0.334 e. The summed E-state index contributed by atoms with van der Waals surface area (Å²) < 4.78 is 2.02. The fraction of sp³-hybridized carbons (Fsp3) is 0.308. The van der Waals surface area contributed by atoms with Crippen molar-refractivity contribution in [1.82, 2.24) is 9.55 Å². The van der Waals surface area contributed by atoms with Crippen LogP contribution < -0.4 is 0 Å². The lowest BCUT2D eigenvalue weighted by Crippen LogP contribution is -1.88. The molecule has 0 spiro atoms. The second-order valence-electron chi connectivity index (χ2n) is 3.26. The van der Waals surface area contributed by atoms with Crippen molar-refractivity contribution in [3.8, 4) is 11.3 Å². The van der Waals surface area contributed by atoms with Gasteiger partial charge in [0.2, 0.25) is 0 Å². The Morgan fingerprint density at radius 3 is 2.13 bits per heavy atom. The first-order valence-electron chi connectivity index (χ1n) is 5.31. The van der Waals surface area contributed by atoms with Crippen LogP contribution in [0.1, 0.15) is 19.4 Å². The zero-order valence-corrected chi connectivity index (χ0v) is 9.86. The van der Waals surface area contributed by atoms with Crippen LogP contribution in [0.3, 0.4) is 0 Å². The number of aryl methyl sites for hydroxylation is 2. The van der Waals surface area contributed by atoms with Gasteiger partial charge in [0.15, 0.2) is 0 Å². The van der Waals surface area contributed by atoms with Gasteiger partial charge in [-0.05, 0) is 12.5 Å². The third-order valence-corrected chi connectivity index (χ3v) is 2.16. The first-order valence-corrected chi connectivity index (χ1v) is 5.31. The summed E-state index contributed by atoms with van der Waals surface area (Å²) in [6.45, 7) is 6.09. The van der Waals surface area contributed by atoms with Gasteiger partial charge in [-0.25, -0.2) is 4.98 Å². The third kappa shape index (κ3) is 2.69. The number of aromatic nitrogens is 2. The van der Waals surface area contributed by atoms with Gasteiger partial charge in [0.25, 0.3) is 0 Å². The lowest BCUT2D eigenvalue weighted by atomic mass is 10.1. The van der Waals surface area contributed by atoms with Crippen LogP contribution in [-0.4, -0.2) is 9.55 Å². The highest BCUT2D eigenvalue weighted by atomic mass is 15.0. The number of hydrogen-bond acceptors (Lipinski definition) is 1. The molecule has 80 valence electrons. The van der Waals surface area contributed by atoms with Gasteiger partial charge < -0.3 is 4.57 Å². The molecule has 2 nitrogen and oxygen atoms in total. The van der Waals surface area contributed by atoms with Gasteiger partial charge >= 0.3 is 0 Å². The minimum absolute atomic E-state index is 1.15. The molecule has 0 unspecified atom stereocenters. The summed E-state index contributed by atoms with van der Waals surface area (Å²) in [6, 6.07) is 8.46. The molecule has 2 aromatic rings. The summed E-state index contributed by atoms with van der Waals surface area (Å²) in [5, 5.41) is 0. The quantitative estimate of drug-likeness (QED) is 0.692. The molecule has 0 fully saturated rings. The first-order chi connectivity index (χ1) is 7.27. The highest BCUT2D eigenvalue weighted by Crippen LogP contribution is 2.17. The fourth-order valence-electron chi connectivity index (χ4n) is 1.36. The maximum Gasteiger partial charge on any atom is 0.0948 e. The summed E-state index contributed by atoms with van der Waals surface area (Å²) in [5.41, 5.74) is 3.65. The average Bonchev–Trinajstić information content (AvgIpc) is 2.69. The van der Waals surface area contributed by atoms with E-state index in [1.807, 2.05) is 38.0 Å². The van der Waals surface area contributed by atoms with Crippen LogP contribution in [0.15, 0.2) is 36.8 Å². The van der Waals surface area contributed by atoms with Crippen LogP contribution in [0.5, 0.6) is 0 Å². The predicted octanol–water partition coefficient (Wildman–Crippen LogP) is 3.42. The first kappa shape index (κ1) is 11.5. The molecule has 0 aliphatic heterocycles. The molecule has 2 heteroatoms. The number of benzene rings is 1. The van der Waals surface area contributed by atoms with Gasteiger partial charge in [-0.2, -0.15) is 0 Å². The monoisotopic (exact) mass is 202 g/mol. The Kier molecular flexibility index (Phi) is 4.10. The van der Waals surface area contributed by atoms with Gasteiger partial charge in [-0.1, -0.05) is 43.7 Å². The van der Waals surface area contributed by atoms with Crippen molar-refractivity contribution in [3.05, 3.63) is 42.4 Å². The van der Waals surface area contributed by atoms with Crippen LogP contribution in [0.4, 0.5) is 0 Å². The van der Waals surface area contributed by atoms with E-state index in [9.17, 15) is 0 Å². The summed E-state index contributed by atoms with van der Waals surface area (Å²) in [7, 11) is 2.00. The zero-order chi connectivity index (χ0) is 11.3. The van der Waals surface area contributed by atoms with Crippen LogP contribution in [0, 0.1) is 6.92 Å². The molecule has 1 aromatic heterocycles. The van der Waals surface area contributed by atoms with E-state index in [2.05, 4.69) is 36.2 Å². The molecule has 0 radical (unpaired) electrons. The van der Waals surface area contributed by atoms with E-state index in [-0.39, 0.29) is 0 Å². The fourth-order valence-corrected chi connectivity index (χ4v) is 1.36. The topological polar surface area (TPSA) is 17.8 Å². The van der Waals surface area contributed by atoms with Crippen molar-refractivity contribution < 1.29 is 0 Å². The molecule has 15 heavy (non-hydrogen) atoms. The predicted molar refractivity (Wildman–Crippen MR) is 64.7 cm³/mol. The SMILES string of the molecule is CC.Cc1ccc(-c2cncn2C)cc1. The molecule has 0 saturated carbocycles. The maximum absolute atomic E-state index is 4.08. The van der Waals surface area contributed by atoms with Crippen LogP contribution in [0.25, 0.3) is 11.3 Å². The maximum atomic E-state index is 4.08. The smallest absolute Gasteiger partial charge is 0.0948 e. The second kappa shape index (κ2) is 5.35. The van der Waals surface area contributed by atoms with Crippen molar-refractivity contribution in [2.45, 2.75) is 20.8 Å². The Morgan fingerprint density at radius 2 is 1.67 bits per heavy atom. The average molecular weight is 202 g/mol. The Balaban J connectivity index is 0.000000531. The number of nitrogens with zero attached hydrogens (tertiary/aromatic N) is 2. The Labute approximate surface area is 91.6 Å². The van der Waals surface area contributed by atoms with Gasteiger partial charge in [0, 0.05) is 7.05 Å². The molecular formula is C13H18N2. The van der Waals surface area contributed by atoms with Crippen molar-refractivity contribution in [3.63, 3.8) is 0 Å². The number of imidazole rings is 1. The number of hydrogen-bond donors (Lipinski definition) is 0. The van der Waals surface area contributed by atoms with Gasteiger partial charge in [-0.15, -0.1) is 0 Å². The summed E-state index contributed by atoms with van der Waals surface area (Å²) in [6.07, 6.45) is 3.69. The van der Waals surface area contributed by atoms with E-state index in [0.29, 0.717) is 0 Å². The van der Waals surface area contributed by atoms with Gasteiger partial charge in [0.05, 0.1) is 18.2 Å². The summed E-state index contributed by atoms with van der Waals surface area (Å²) >= 11 is 0. The van der Waals surface area contributed by atoms with Gasteiger partial charge in [-0.3, -0.25) is 0 Å². The van der Waals surface area contributed by atoms with E-state index >= 15 is 0 Å². The molecule has 0 aliphatic rings. The minimum Gasteiger partial charge on any atom is -0.334 e. The number of rotatable bonds is 1. The van der Waals surface area contributed by atoms with E-state index in [0.717, 1.165) is 5.69 Å².